The molecule has 8 heteroatoms. The van der Waals surface area contributed by atoms with Gasteiger partial charge in [0.25, 0.3) is 6.43 Å². The summed E-state index contributed by atoms with van der Waals surface area (Å²) in [5.74, 6) is -1.53. The molecule has 0 N–H and O–H groups in total. The van der Waals surface area contributed by atoms with E-state index in [0.29, 0.717) is 0 Å². The number of ether oxygens (including phenoxy) is 1. The third-order valence-electron chi connectivity index (χ3n) is 1.81. The highest BCUT2D eigenvalue weighted by atomic mass is 19.3. The number of halogens is 2. The Bertz CT molecular complexity index is 436. The zero-order valence-corrected chi connectivity index (χ0v) is 8.02. The third-order valence-corrected chi connectivity index (χ3v) is 1.81. The molecule has 0 fully saturated rings. The lowest BCUT2D eigenvalue weighted by atomic mass is 10.1. The van der Waals surface area contributed by atoms with Crippen molar-refractivity contribution in [2.24, 2.45) is 0 Å². The molecule has 0 atom stereocenters. The molecule has 6 nitrogen and oxygen atoms in total. The summed E-state index contributed by atoms with van der Waals surface area (Å²) in [6.07, 6.45) is -2.20. The Morgan fingerprint density at radius 1 is 1.62 bits per heavy atom. The number of carbonyl (C=O) groups excluding carboxylic acids is 1. The van der Waals surface area contributed by atoms with Crippen molar-refractivity contribution < 1.29 is 23.2 Å². The Kier molecular flexibility index (Phi) is 3.44. The normalized spacial score (nSPS) is 10.2. The second-order valence-corrected chi connectivity index (χ2v) is 2.66. The average Bonchev–Trinajstić information content (AvgIpc) is 2.26. The molecule has 1 aromatic rings. The van der Waals surface area contributed by atoms with Crippen LogP contribution in [-0.4, -0.2) is 23.3 Å². The number of carbonyl (C=O) groups is 1. The van der Waals surface area contributed by atoms with E-state index in [2.05, 4.69) is 9.72 Å². The van der Waals surface area contributed by atoms with Gasteiger partial charge in [-0.3, -0.25) is 4.79 Å². The summed E-state index contributed by atoms with van der Waals surface area (Å²) in [5, 5.41) is 10.5. The molecule has 86 valence electrons. The van der Waals surface area contributed by atoms with Gasteiger partial charge in [0.2, 0.25) is 5.75 Å². The number of nitrogens with zero attached hydrogens (tertiary/aromatic N) is 2. The lowest BCUT2D eigenvalue weighted by molar-refractivity contribution is -0.390. The van der Waals surface area contributed by atoms with Crippen LogP contribution in [0.2, 0.25) is 0 Å². The van der Waals surface area contributed by atoms with E-state index in [4.69, 9.17) is 0 Å². The third kappa shape index (κ3) is 1.95. The minimum Gasteiger partial charge on any atom is -0.489 e. The van der Waals surface area contributed by atoms with Crippen LogP contribution in [0.15, 0.2) is 6.20 Å². The van der Waals surface area contributed by atoms with Crippen molar-refractivity contribution in [2.75, 3.05) is 7.11 Å². The first-order valence-corrected chi connectivity index (χ1v) is 3.97. The number of rotatable bonds is 4. The summed E-state index contributed by atoms with van der Waals surface area (Å²) >= 11 is 0. The van der Waals surface area contributed by atoms with Gasteiger partial charge in [0, 0.05) is 0 Å². The molecule has 0 aliphatic heterocycles. The van der Waals surface area contributed by atoms with Crippen molar-refractivity contribution in [1.29, 1.82) is 0 Å². The maximum Gasteiger partial charge on any atom is 0.406 e. The van der Waals surface area contributed by atoms with Crippen molar-refractivity contribution in [2.45, 2.75) is 6.43 Å². The fourth-order valence-corrected chi connectivity index (χ4v) is 1.16. The predicted octanol–water partition coefficient (Wildman–Crippen LogP) is 1.75. The van der Waals surface area contributed by atoms with Gasteiger partial charge in [-0.1, -0.05) is 0 Å². The van der Waals surface area contributed by atoms with Gasteiger partial charge in [-0.25, -0.2) is 8.78 Å². The van der Waals surface area contributed by atoms with Crippen molar-refractivity contribution >= 4 is 12.1 Å². The smallest absolute Gasteiger partial charge is 0.406 e. The van der Waals surface area contributed by atoms with Gasteiger partial charge in [0.15, 0.2) is 12.5 Å². The minimum atomic E-state index is -3.06. The summed E-state index contributed by atoms with van der Waals surface area (Å²) in [6.45, 7) is 0. The first kappa shape index (κ1) is 12.0. The lowest BCUT2D eigenvalue weighted by Gasteiger charge is -2.08. The maximum atomic E-state index is 12.6. The molecule has 1 rings (SSSR count). The van der Waals surface area contributed by atoms with Crippen LogP contribution in [0, 0.1) is 10.1 Å². The average molecular weight is 232 g/mol. The van der Waals surface area contributed by atoms with Gasteiger partial charge < -0.3 is 14.9 Å². The maximum absolute atomic E-state index is 12.6. The number of nitro groups is 1. The van der Waals surface area contributed by atoms with E-state index in [1.54, 1.807) is 0 Å². The standard InChI is InChI=1S/C8H6F2N2O4/c1-16-6-5(7(9)10)4(3-13)2-11-8(6)12(14)15/h2-3,7H,1H3. The summed E-state index contributed by atoms with van der Waals surface area (Å²) in [6, 6.07) is 0. The number of aromatic nitrogens is 1. The summed E-state index contributed by atoms with van der Waals surface area (Å²) in [5.41, 5.74) is -1.25. The second kappa shape index (κ2) is 4.60. The van der Waals surface area contributed by atoms with Crippen LogP contribution in [0.3, 0.4) is 0 Å². The van der Waals surface area contributed by atoms with Crippen molar-refractivity contribution in [3.05, 3.63) is 27.4 Å². The molecule has 0 aromatic carbocycles. The van der Waals surface area contributed by atoms with Gasteiger partial charge >= 0.3 is 5.82 Å². The number of hydrogen-bond donors (Lipinski definition) is 0. The Morgan fingerprint density at radius 2 is 2.25 bits per heavy atom. The van der Waals surface area contributed by atoms with Gasteiger partial charge in [-0.05, 0) is 9.91 Å². The zero-order chi connectivity index (χ0) is 12.3. The Labute approximate surface area is 88.0 Å². The SMILES string of the molecule is COc1c([N+](=O)[O-])ncc(C=O)c1C(F)F. The van der Waals surface area contributed by atoms with E-state index in [1.165, 1.54) is 0 Å². The number of hydrogen-bond acceptors (Lipinski definition) is 5. The van der Waals surface area contributed by atoms with Crippen LogP contribution in [0.25, 0.3) is 0 Å². The van der Waals surface area contributed by atoms with E-state index in [-0.39, 0.29) is 6.29 Å². The van der Waals surface area contributed by atoms with Gasteiger partial charge in [0.1, 0.15) is 0 Å². The molecule has 0 aliphatic rings. The second-order valence-electron chi connectivity index (χ2n) is 2.66. The van der Waals surface area contributed by atoms with Gasteiger partial charge in [-0.15, -0.1) is 0 Å². The summed E-state index contributed by atoms with van der Waals surface area (Å²) in [4.78, 5) is 23.3. The minimum absolute atomic E-state index is 0.140. The van der Waals surface area contributed by atoms with Gasteiger partial charge in [0.05, 0.1) is 18.2 Å². The molecule has 0 spiro atoms. The molecular weight excluding hydrogens is 226 g/mol. The Balaban J connectivity index is 3.55. The van der Waals surface area contributed by atoms with Crippen LogP contribution < -0.4 is 4.74 Å². The molecule has 0 aliphatic carbocycles. The summed E-state index contributed by atoms with van der Waals surface area (Å²) < 4.78 is 29.7. The monoisotopic (exact) mass is 232 g/mol. The molecule has 1 aromatic heterocycles. The van der Waals surface area contributed by atoms with E-state index in [0.717, 1.165) is 13.3 Å². The predicted molar refractivity (Wildman–Crippen MR) is 47.8 cm³/mol. The van der Waals surface area contributed by atoms with Gasteiger partial charge in [-0.2, -0.15) is 0 Å². The van der Waals surface area contributed by atoms with Crippen molar-refractivity contribution in [3.63, 3.8) is 0 Å². The Hall–Kier alpha value is -2.12. The first-order valence-electron chi connectivity index (χ1n) is 3.97. The van der Waals surface area contributed by atoms with E-state index < -0.39 is 34.0 Å². The quantitative estimate of drug-likeness (QED) is 0.448. The zero-order valence-electron chi connectivity index (χ0n) is 8.02. The molecule has 0 saturated carbocycles. The highest BCUT2D eigenvalue weighted by Gasteiger charge is 2.29. The van der Waals surface area contributed by atoms with Crippen LogP contribution in [0.5, 0.6) is 5.75 Å². The molecule has 0 radical (unpaired) electrons. The van der Waals surface area contributed by atoms with Crippen LogP contribution in [0.1, 0.15) is 22.3 Å². The molecular formula is C8H6F2N2O4. The molecule has 0 unspecified atom stereocenters. The number of alkyl halides is 2. The highest BCUT2D eigenvalue weighted by Crippen LogP contribution is 2.36. The van der Waals surface area contributed by atoms with E-state index in [9.17, 15) is 23.7 Å². The number of aldehydes is 1. The number of pyridine rings is 1. The first-order chi connectivity index (χ1) is 7.52. The van der Waals surface area contributed by atoms with Crippen LogP contribution in [-0.2, 0) is 0 Å². The fraction of sp³-hybridized carbons (Fsp3) is 0.250. The van der Waals surface area contributed by atoms with Crippen molar-refractivity contribution in [1.82, 2.24) is 4.98 Å². The molecule has 0 saturated heterocycles. The molecule has 1 heterocycles. The largest absolute Gasteiger partial charge is 0.489 e. The number of methoxy groups -OCH3 is 1. The van der Waals surface area contributed by atoms with Crippen molar-refractivity contribution in [3.8, 4) is 5.75 Å². The molecule has 0 amide bonds. The highest BCUT2D eigenvalue weighted by molar-refractivity contribution is 5.79. The lowest BCUT2D eigenvalue weighted by Crippen LogP contribution is -2.04. The van der Waals surface area contributed by atoms with E-state index in [1.807, 2.05) is 0 Å². The summed E-state index contributed by atoms with van der Waals surface area (Å²) in [7, 11) is 0.991. The molecule has 0 bridgehead atoms. The van der Waals surface area contributed by atoms with E-state index >= 15 is 0 Å². The van der Waals surface area contributed by atoms with Crippen LogP contribution in [0.4, 0.5) is 14.6 Å². The fourth-order valence-electron chi connectivity index (χ4n) is 1.16. The molecule has 16 heavy (non-hydrogen) atoms. The topological polar surface area (TPSA) is 82.3 Å². The Morgan fingerprint density at radius 3 is 2.62 bits per heavy atom. The van der Waals surface area contributed by atoms with Crippen LogP contribution >= 0.6 is 0 Å².